The lowest BCUT2D eigenvalue weighted by Gasteiger charge is -2.30. The van der Waals surface area contributed by atoms with Crippen molar-refractivity contribution in [1.82, 2.24) is 4.90 Å². The highest BCUT2D eigenvalue weighted by molar-refractivity contribution is 7.59. The van der Waals surface area contributed by atoms with Crippen LogP contribution in [0.25, 0.3) is 0 Å². The minimum atomic E-state index is -3.51. The zero-order valence-electron chi connectivity index (χ0n) is 24.3. The lowest BCUT2D eigenvalue weighted by molar-refractivity contribution is -0.169. The second-order valence-electron chi connectivity index (χ2n) is 11.8. The fourth-order valence-corrected chi connectivity index (χ4v) is 8.25. The Kier molecular flexibility index (Phi) is 12.2. The van der Waals surface area contributed by atoms with Crippen molar-refractivity contribution < 1.29 is 28.2 Å². The average Bonchev–Trinajstić information content (AvgIpc) is 3.38. The van der Waals surface area contributed by atoms with Crippen LogP contribution in [0.2, 0.25) is 0 Å². The lowest BCUT2D eigenvalue weighted by atomic mass is 9.79. The molecule has 2 unspecified atom stereocenters. The van der Waals surface area contributed by atoms with Gasteiger partial charge in [0.1, 0.15) is 6.16 Å². The van der Waals surface area contributed by atoms with Gasteiger partial charge in [0.25, 0.3) is 0 Å². The summed E-state index contributed by atoms with van der Waals surface area (Å²) in [5, 5.41) is 0. The van der Waals surface area contributed by atoms with Gasteiger partial charge in [-0.15, -0.1) is 0 Å². The first-order valence-corrected chi connectivity index (χ1v) is 16.9. The molecular formula is C31H48NO6P. The molecule has 1 aliphatic heterocycles. The number of Topliss-reactive ketones (excluding diaryl/α,β-unsaturated/α-hetero) is 1. The smallest absolute Gasteiger partial charge is 0.307 e. The van der Waals surface area contributed by atoms with Crippen molar-refractivity contribution >= 4 is 25.0 Å². The molecule has 0 spiro atoms. The minimum absolute atomic E-state index is 0.0165. The van der Waals surface area contributed by atoms with E-state index in [0.29, 0.717) is 31.2 Å². The van der Waals surface area contributed by atoms with Gasteiger partial charge in [-0.3, -0.25) is 23.5 Å². The van der Waals surface area contributed by atoms with Crippen LogP contribution in [0.5, 0.6) is 0 Å². The van der Waals surface area contributed by atoms with Crippen LogP contribution in [0.4, 0.5) is 0 Å². The van der Waals surface area contributed by atoms with Crippen molar-refractivity contribution in [3.05, 3.63) is 35.9 Å². The van der Waals surface area contributed by atoms with Gasteiger partial charge < -0.3 is 9.64 Å². The number of hydrogen-bond acceptors (Lipinski definition) is 6. The molecule has 218 valence electrons. The molecule has 2 aliphatic rings. The number of nitrogens with zero attached hydrogens (tertiary/aromatic N) is 1. The largest absolute Gasteiger partial charge is 0.435 e. The molecule has 1 saturated heterocycles. The fraction of sp³-hybridized carbons (Fsp3) is 0.710. The number of rotatable bonds is 14. The highest BCUT2D eigenvalue weighted by atomic mass is 31.2. The van der Waals surface area contributed by atoms with Gasteiger partial charge in [0.15, 0.2) is 5.78 Å². The number of likely N-dealkylation sites (tertiary alicyclic amines) is 1. The molecule has 0 N–H and O–H groups in total. The Morgan fingerprint density at radius 2 is 1.72 bits per heavy atom. The third-order valence-corrected chi connectivity index (χ3v) is 10.6. The van der Waals surface area contributed by atoms with Crippen LogP contribution in [0.3, 0.4) is 0 Å². The van der Waals surface area contributed by atoms with E-state index >= 15 is 0 Å². The van der Waals surface area contributed by atoms with Crippen molar-refractivity contribution in [2.75, 3.05) is 18.9 Å². The van der Waals surface area contributed by atoms with Gasteiger partial charge in [-0.2, -0.15) is 0 Å². The van der Waals surface area contributed by atoms with Crippen LogP contribution < -0.4 is 0 Å². The van der Waals surface area contributed by atoms with E-state index in [1.165, 1.54) is 24.8 Å². The Labute approximate surface area is 234 Å². The monoisotopic (exact) mass is 561 g/mol. The third-order valence-electron chi connectivity index (χ3n) is 8.25. The quantitative estimate of drug-likeness (QED) is 0.110. The molecule has 1 saturated carbocycles. The van der Waals surface area contributed by atoms with Crippen molar-refractivity contribution in [2.24, 2.45) is 17.8 Å². The normalized spacial score (nSPS) is 22.4. The molecule has 1 aliphatic carbocycles. The number of amides is 1. The van der Waals surface area contributed by atoms with Crippen molar-refractivity contribution in [2.45, 2.75) is 104 Å². The maximum atomic E-state index is 14.3. The summed E-state index contributed by atoms with van der Waals surface area (Å²) in [5.74, 6) is -0.106. The Balaban J connectivity index is 1.73. The summed E-state index contributed by atoms with van der Waals surface area (Å²) in [6.07, 6.45) is 8.08. The number of esters is 1. The maximum absolute atomic E-state index is 14.3. The molecule has 39 heavy (non-hydrogen) atoms. The predicted octanol–water partition coefficient (Wildman–Crippen LogP) is 6.63. The van der Waals surface area contributed by atoms with E-state index < -0.39 is 25.7 Å². The van der Waals surface area contributed by atoms with E-state index in [4.69, 9.17) is 9.26 Å². The highest BCUT2D eigenvalue weighted by Crippen LogP contribution is 2.51. The summed E-state index contributed by atoms with van der Waals surface area (Å²) >= 11 is 0. The molecule has 0 aromatic heterocycles. The second-order valence-corrected chi connectivity index (χ2v) is 14.4. The number of carbonyl (C=O) groups excluding carboxylic acids is 3. The fourth-order valence-electron chi connectivity index (χ4n) is 5.95. The standard InChI is InChI=1S/C31H48NO6P/c1-5-30(35)37-31(23(2)3)38-39(36,19-13-12-16-25-14-8-6-9-15-25)22-29(34)32-21-27(20-28(32)24(4)33)26-17-10-7-11-18-26/h6,8-9,14-15,23,26-28,31H,5,7,10-13,16-22H2,1-4H3/t27-,28+,31?,39?/m1/s1. The number of benzene rings is 1. The average molecular weight is 562 g/mol. The predicted molar refractivity (Wildman–Crippen MR) is 154 cm³/mol. The van der Waals surface area contributed by atoms with Gasteiger partial charge >= 0.3 is 5.97 Å². The molecule has 0 bridgehead atoms. The van der Waals surface area contributed by atoms with E-state index in [2.05, 4.69) is 12.1 Å². The van der Waals surface area contributed by atoms with Crippen molar-refractivity contribution in [3.63, 3.8) is 0 Å². The van der Waals surface area contributed by atoms with Crippen molar-refractivity contribution in [3.8, 4) is 0 Å². The summed E-state index contributed by atoms with van der Waals surface area (Å²) in [4.78, 5) is 40.0. The molecule has 8 heteroatoms. The van der Waals surface area contributed by atoms with Crippen LogP contribution in [0.15, 0.2) is 30.3 Å². The first-order chi connectivity index (χ1) is 18.6. The zero-order chi connectivity index (χ0) is 28.4. The molecule has 2 fully saturated rings. The molecule has 1 aromatic rings. The molecule has 1 heterocycles. The number of ketones is 1. The summed E-state index contributed by atoms with van der Waals surface area (Å²) in [7, 11) is -3.51. The van der Waals surface area contributed by atoms with Crippen LogP contribution >= 0.6 is 7.37 Å². The van der Waals surface area contributed by atoms with E-state index in [1.54, 1.807) is 18.7 Å². The topological polar surface area (TPSA) is 90.0 Å². The molecule has 4 atom stereocenters. The summed E-state index contributed by atoms with van der Waals surface area (Å²) in [6, 6.07) is 9.65. The molecule has 7 nitrogen and oxygen atoms in total. The lowest BCUT2D eigenvalue weighted by Crippen LogP contribution is -2.41. The third kappa shape index (κ3) is 9.56. The van der Waals surface area contributed by atoms with Crippen LogP contribution in [0.1, 0.15) is 91.0 Å². The molecular weight excluding hydrogens is 513 g/mol. The van der Waals surface area contributed by atoms with Crippen LogP contribution in [-0.4, -0.2) is 53.8 Å². The van der Waals surface area contributed by atoms with Gasteiger partial charge in [0, 0.05) is 25.0 Å². The van der Waals surface area contributed by atoms with E-state index in [1.807, 2.05) is 32.0 Å². The molecule has 1 amide bonds. The zero-order valence-corrected chi connectivity index (χ0v) is 25.2. The first kappa shape index (κ1) is 31.5. The van der Waals surface area contributed by atoms with Crippen LogP contribution in [0, 0.1) is 17.8 Å². The maximum Gasteiger partial charge on any atom is 0.307 e. The number of aryl methyl sites for hydroxylation is 1. The van der Waals surface area contributed by atoms with Gasteiger partial charge in [-0.05, 0) is 50.0 Å². The first-order valence-electron chi connectivity index (χ1n) is 14.9. The SMILES string of the molecule is CCC(=O)OC(OP(=O)(CCCCc1ccccc1)CC(=O)N1C[C@H](C2CCCCC2)C[C@H]1C(C)=O)C(C)C. The van der Waals surface area contributed by atoms with Gasteiger partial charge in [0.05, 0.1) is 6.04 Å². The number of unbranched alkanes of at least 4 members (excludes halogenated alkanes) is 1. The molecule has 1 aromatic carbocycles. The minimum Gasteiger partial charge on any atom is -0.435 e. The number of hydrogen-bond donors (Lipinski definition) is 0. The van der Waals surface area contributed by atoms with Gasteiger partial charge in [-0.1, -0.05) is 83.2 Å². The van der Waals surface area contributed by atoms with Gasteiger partial charge in [-0.25, -0.2) is 0 Å². The Morgan fingerprint density at radius 3 is 2.33 bits per heavy atom. The summed E-state index contributed by atoms with van der Waals surface area (Å²) in [6.45, 7) is 7.48. The van der Waals surface area contributed by atoms with E-state index in [0.717, 1.165) is 25.7 Å². The molecule has 0 radical (unpaired) electrons. The second kappa shape index (κ2) is 15.1. The number of carbonyl (C=O) groups is 3. The molecule has 3 rings (SSSR count). The Hall–Kier alpha value is -1.98. The van der Waals surface area contributed by atoms with E-state index in [-0.39, 0.29) is 36.4 Å². The Bertz CT molecular complexity index is 990. The number of ether oxygens (including phenoxy) is 1. The van der Waals surface area contributed by atoms with Crippen LogP contribution in [-0.2, 0) is 34.6 Å². The van der Waals surface area contributed by atoms with Crippen molar-refractivity contribution in [1.29, 1.82) is 0 Å². The highest BCUT2D eigenvalue weighted by Gasteiger charge is 2.43. The van der Waals surface area contributed by atoms with E-state index in [9.17, 15) is 18.9 Å². The summed E-state index contributed by atoms with van der Waals surface area (Å²) in [5.41, 5.74) is 1.20. The van der Waals surface area contributed by atoms with Gasteiger partial charge in [0.2, 0.25) is 19.6 Å². The summed E-state index contributed by atoms with van der Waals surface area (Å²) < 4.78 is 25.8. The Morgan fingerprint density at radius 1 is 1.03 bits per heavy atom.